The van der Waals surface area contributed by atoms with Gasteiger partial charge in [0.15, 0.2) is 5.78 Å². The third kappa shape index (κ3) is 3.46. The van der Waals surface area contributed by atoms with Gasteiger partial charge in [-0.3, -0.25) is 9.59 Å². The molecule has 1 N–H and O–H groups in total. The monoisotopic (exact) mass is 264 g/mol. The number of carbonyl (C=O) groups is 2. The lowest BCUT2D eigenvalue weighted by Crippen LogP contribution is -2.15. The van der Waals surface area contributed by atoms with Crippen LogP contribution in [0.3, 0.4) is 0 Å². The molecule has 2 atom stereocenters. The van der Waals surface area contributed by atoms with Gasteiger partial charge in [0.25, 0.3) is 0 Å². The van der Waals surface area contributed by atoms with Gasteiger partial charge in [-0.15, -0.1) is 0 Å². The molecule has 0 radical (unpaired) electrons. The Bertz CT molecular complexity index is 395. The minimum atomic E-state index is -0.743. The lowest BCUT2D eigenvalue weighted by molar-refractivity contribution is -0.142. The van der Waals surface area contributed by atoms with Gasteiger partial charge in [-0.25, -0.2) is 0 Å². The Balaban J connectivity index is 1.79. The molecule has 0 aromatic carbocycles. The maximum Gasteiger partial charge on any atom is 0.306 e. The highest BCUT2D eigenvalue weighted by Gasteiger charge is 2.41. The fourth-order valence-electron chi connectivity index (χ4n) is 3.27. The molecule has 2 aliphatic rings. The van der Waals surface area contributed by atoms with Crippen molar-refractivity contribution in [3.8, 4) is 0 Å². The molecule has 0 aromatic heterocycles. The van der Waals surface area contributed by atoms with Crippen molar-refractivity contribution in [2.75, 3.05) is 0 Å². The van der Waals surface area contributed by atoms with Gasteiger partial charge in [0.1, 0.15) is 0 Å². The van der Waals surface area contributed by atoms with Gasteiger partial charge in [-0.05, 0) is 32.1 Å². The van der Waals surface area contributed by atoms with E-state index in [1.807, 2.05) is 0 Å². The number of carbonyl (C=O) groups excluding carboxylic acids is 1. The van der Waals surface area contributed by atoms with Gasteiger partial charge in [0.2, 0.25) is 0 Å². The van der Waals surface area contributed by atoms with Crippen LogP contribution in [-0.2, 0) is 9.59 Å². The lowest BCUT2D eigenvalue weighted by Gasteiger charge is -2.10. The molecule has 2 unspecified atom stereocenters. The summed E-state index contributed by atoms with van der Waals surface area (Å²) in [5.41, 5.74) is 2.45. The smallest absolute Gasteiger partial charge is 0.306 e. The molecule has 2 aliphatic carbocycles. The Kier molecular flexibility index (Phi) is 4.78. The molecule has 0 spiro atoms. The number of ketones is 1. The highest BCUT2D eigenvalue weighted by molar-refractivity contribution is 6.02. The topological polar surface area (TPSA) is 54.4 Å². The molecular weight excluding hydrogens is 240 g/mol. The first-order valence-electron chi connectivity index (χ1n) is 7.64. The number of carboxylic acid groups (broad SMARTS) is 1. The van der Waals surface area contributed by atoms with Crippen LogP contribution in [0, 0.1) is 11.8 Å². The summed E-state index contributed by atoms with van der Waals surface area (Å²) in [4.78, 5) is 23.3. The summed E-state index contributed by atoms with van der Waals surface area (Å²) < 4.78 is 0. The van der Waals surface area contributed by atoms with Crippen molar-refractivity contribution < 1.29 is 14.7 Å². The van der Waals surface area contributed by atoms with E-state index in [1.165, 1.54) is 18.4 Å². The first kappa shape index (κ1) is 14.3. The summed E-state index contributed by atoms with van der Waals surface area (Å²) in [5.74, 6) is -0.368. The Labute approximate surface area is 115 Å². The van der Waals surface area contributed by atoms with Crippen LogP contribution in [0.1, 0.15) is 64.7 Å². The molecule has 0 aromatic rings. The van der Waals surface area contributed by atoms with E-state index in [1.54, 1.807) is 0 Å². The van der Waals surface area contributed by atoms with Gasteiger partial charge in [0, 0.05) is 17.9 Å². The molecule has 19 heavy (non-hydrogen) atoms. The average molecular weight is 264 g/mol. The molecule has 1 fully saturated rings. The normalized spacial score (nSPS) is 22.9. The van der Waals surface area contributed by atoms with Gasteiger partial charge in [0.05, 0.1) is 5.92 Å². The van der Waals surface area contributed by atoms with Gasteiger partial charge in [-0.2, -0.15) is 0 Å². The van der Waals surface area contributed by atoms with Crippen LogP contribution >= 0.6 is 0 Å². The summed E-state index contributed by atoms with van der Waals surface area (Å²) in [6, 6.07) is 0. The molecule has 1 saturated carbocycles. The Morgan fingerprint density at radius 2 is 2.11 bits per heavy atom. The Hall–Kier alpha value is -1.12. The Morgan fingerprint density at radius 1 is 1.32 bits per heavy atom. The van der Waals surface area contributed by atoms with Crippen molar-refractivity contribution in [1.82, 2.24) is 0 Å². The van der Waals surface area contributed by atoms with Crippen LogP contribution in [0.15, 0.2) is 11.1 Å². The predicted molar refractivity (Wildman–Crippen MR) is 73.9 cm³/mol. The van der Waals surface area contributed by atoms with Crippen molar-refractivity contribution in [1.29, 1.82) is 0 Å². The van der Waals surface area contributed by atoms with E-state index in [9.17, 15) is 9.59 Å². The van der Waals surface area contributed by atoms with E-state index in [0.717, 1.165) is 31.3 Å². The van der Waals surface area contributed by atoms with Crippen LogP contribution in [0.4, 0.5) is 0 Å². The number of aliphatic carboxylic acids is 1. The number of hydrogen-bond donors (Lipinski definition) is 1. The second kappa shape index (κ2) is 6.36. The van der Waals surface area contributed by atoms with Crippen LogP contribution in [0.2, 0.25) is 0 Å². The van der Waals surface area contributed by atoms with Crippen LogP contribution < -0.4 is 0 Å². The number of hydrogen-bond acceptors (Lipinski definition) is 2. The molecule has 0 heterocycles. The van der Waals surface area contributed by atoms with Crippen molar-refractivity contribution >= 4 is 11.8 Å². The molecule has 0 saturated heterocycles. The predicted octanol–water partition coefficient (Wildman–Crippen LogP) is 3.73. The van der Waals surface area contributed by atoms with Crippen molar-refractivity contribution in [3.63, 3.8) is 0 Å². The van der Waals surface area contributed by atoms with Gasteiger partial charge in [-0.1, -0.05) is 31.8 Å². The minimum Gasteiger partial charge on any atom is -0.481 e. The van der Waals surface area contributed by atoms with E-state index in [0.29, 0.717) is 25.2 Å². The number of allylic oxidation sites excluding steroid dienone is 2. The maximum absolute atomic E-state index is 12.1. The molecule has 0 amide bonds. The zero-order valence-electron chi connectivity index (χ0n) is 11.8. The van der Waals surface area contributed by atoms with Gasteiger partial charge >= 0.3 is 5.97 Å². The first-order chi connectivity index (χ1) is 9.15. The number of unbranched alkanes of at least 4 members (excludes halogenated alkanes) is 1. The van der Waals surface area contributed by atoms with Crippen LogP contribution in [0.25, 0.3) is 0 Å². The molecule has 2 rings (SSSR count). The number of rotatable bonds is 8. The molecule has 0 bridgehead atoms. The number of fused-ring (bicyclic) bond motifs is 1. The van der Waals surface area contributed by atoms with Crippen LogP contribution in [-0.4, -0.2) is 16.9 Å². The summed E-state index contributed by atoms with van der Waals surface area (Å²) in [6.07, 6.45) is 8.29. The SMILES string of the molecule is CCCCC(CCC(=O)C1=C2CCCCC21)C(=O)O. The quantitative estimate of drug-likeness (QED) is 0.726. The van der Waals surface area contributed by atoms with E-state index < -0.39 is 5.97 Å². The fraction of sp³-hybridized carbons (Fsp3) is 0.750. The van der Waals surface area contributed by atoms with Crippen molar-refractivity contribution in [3.05, 3.63) is 11.1 Å². The van der Waals surface area contributed by atoms with E-state index in [4.69, 9.17) is 5.11 Å². The molecule has 0 aliphatic heterocycles. The lowest BCUT2D eigenvalue weighted by atomic mass is 9.94. The highest BCUT2D eigenvalue weighted by Crippen LogP contribution is 2.50. The van der Waals surface area contributed by atoms with Crippen LogP contribution in [0.5, 0.6) is 0 Å². The standard InChI is InChI=1S/C16H24O3/c1-2-3-6-11(16(18)19)9-10-14(17)15-12-7-4-5-8-13(12)15/h11-12H,2-10H2,1H3,(H,18,19). The van der Waals surface area contributed by atoms with E-state index >= 15 is 0 Å². The summed E-state index contributed by atoms with van der Waals surface area (Å²) in [7, 11) is 0. The zero-order valence-corrected chi connectivity index (χ0v) is 11.8. The fourth-order valence-corrected chi connectivity index (χ4v) is 3.27. The molecule has 3 heteroatoms. The molecule has 106 valence electrons. The largest absolute Gasteiger partial charge is 0.481 e. The number of Topliss-reactive ketones (excluding diaryl/α,β-unsaturated/α-hetero) is 1. The second-order valence-electron chi connectivity index (χ2n) is 5.88. The Morgan fingerprint density at radius 3 is 2.68 bits per heavy atom. The summed E-state index contributed by atoms with van der Waals surface area (Å²) >= 11 is 0. The van der Waals surface area contributed by atoms with Crippen molar-refractivity contribution in [2.24, 2.45) is 11.8 Å². The van der Waals surface area contributed by atoms with E-state index in [2.05, 4.69) is 6.92 Å². The molecule has 3 nitrogen and oxygen atoms in total. The van der Waals surface area contributed by atoms with E-state index in [-0.39, 0.29) is 11.7 Å². The third-order valence-corrected chi connectivity index (χ3v) is 4.50. The second-order valence-corrected chi connectivity index (χ2v) is 5.88. The maximum atomic E-state index is 12.1. The number of carboxylic acids is 1. The zero-order chi connectivity index (χ0) is 13.8. The summed E-state index contributed by atoms with van der Waals surface area (Å²) in [6.45, 7) is 2.06. The minimum absolute atomic E-state index is 0.227. The first-order valence-corrected chi connectivity index (χ1v) is 7.64. The highest BCUT2D eigenvalue weighted by atomic mass is 16.4. The molecular formula is C16H24O3. The van der Waals surface area contributed by atoms with Gasteiger partial charge < -0.3 is 5.11 Å². The van der Waals surface area contributed by atoms with Crippen molar-refractivity contribution in [2.45, 2.75) is 64.7 Å². The third-order valence-electron chi connectivity index (χ3n) is 4.50. The average Bonchev–Trinajstić information content (AvgIpc) is 3.12. The summed E-state index contributed by atoms with van der Waals surface area (Å²) in [5, 5.41) is 9.15.